The van der Waals surface area contributed by atoms with E-state index in [1.54, 1.807) is 30.5 Å². The summed E-state index contributed by atoms with van der Waals surface area (Å²) in [5.74, 6) is 1.35. The van der Waals surface area contributed by atoms with Crippen molar-refractivity contribution in [3.63, 3.8) is 0 Å². The lowest BCUT2D eigenvalue weighted by atomic mass is 10.0. The molecular formula is C22H20N6O3S. The van der Waals surface area contributed by atoms with Crippen LogP contribution in [0.5, 0.6) is 5.75 Å². The van der Waals surface area contributed by atoms with Crippen LogP contribution in [0.15, 0.2) is 68.0 Å². The van der Waals surface area contributed by atoms with E-state index in [9.17, 15) is 4.79 Å². The minimum atomic E-state index is -0.511. The lowest BCUT2D eigenvalue weighted by Crippen LogP contribution is -2.14. The van der Waals surface area contributed by atoms with Crippen molar-refractivity contribution >= 4 is 17.5 Å². The fourth-order valence-electron chi connectivity index (χ4n) is 3.54. The minimum absolute atomic E-state index is 0.102. The number of benzene rings is 2. The first kappa shape index (κ1) is 20.3. The Hall–Kier alpha value is -3.66. The van der Waals surface area contributed by atoms with E-state index in [1.807, 2.05) is 43.3 Å². The lowest BCUT2D eigenvalue weighted by Gasteiger charge is -2.15. The number of aromatic nitrogens is 5. The van der Waals surface area contributed by atoms with Gasteiger partial charge in [0, 0.05) is 18.6 Å². The van der Waals surface area contributed by atoms with E-state index in [-0.39, 0.29) is 5.25 Å². The minimum Gasteiger partial charge on any atom is -0.497 e. The van der Waals surface area contributed by atoms with Crippen LogP contribution >= 0.6 is 11.8 Å². The number of methoxy groups -OCH3 is 1. The van der Waals surface area contributed by atoms with E-state index in [2.05, 4.69) is 27.4 Å². The summed E-state index contributed by atoms with van der Waals surface area (Å²) in [6.07, 6.45) is 0.697. The topological polar surface area (TPSA) is 100 Å². The van der Waals surface area contributed by atoms with Crippen molar-refractivity contribution in [1.29, 1.82) is 0 Å². The van der Waals surface area contributed by atoms with Crippen LogP contribution < -0.4 is 10.5 Å². The highest BCUT2D eigenvalue weighted by molar-refractivity contribution is 7.99. The van der Waals surface area contributed by atoms with Crippen LogP contribution in [-0.2, 0) is 0 Å². The number of hydrogen-bond acceptors (Lipinski definition) is 8. The standard InChI is InChI=1S/C22H20N6O3S/c1-13-23-24-21-27(13)26-19(12-20(32-21)16-6-10-18(30-3)11-7-16)15-4-8-17(9-5-15)28-22(29)31-14(2)25-28/h4-11,20H,12H2,1-3H3. The molecule has 32 heavy (non-hydrogen) atoms. The van der Waals surface area contributed by atoms with Gasteiger partial charge in [-0.25, -0.2) is 4.79 Å². The molecular weight excluding hydrogens is 428 g/mol. The molecule has 0 radical (unpaired) electrons. The zero-order valence-corrected chi connectivity index (χ0v) is 18.5. The molecule has 1 unspecified atom stereocenters. The first-order valence-electron chi connectivity index (χ1n) is 10.00. The summed E-state index contributed by atoms with van der Waals surface area (Å²) in [7, 11) is 1.66. The molecule has 0 saturated carbocycles. The Morgan fingerprint density at radius 2 is 1.81 bits per heavy atom. The van der Waals surface area contributed by atoms with E-state index >= 15 is 0 Å². The number of hydrogen-bond donors (Lipinski definition) is 0. The van der Waals surface area contributed by atoms with Gasteiger partial charge in [0.2, 0.25) is 11.0 Å². The maximum atomic E-state index is 11.9. The highest BCUT2D eigenvalue weighted by Crippen LogP contribution is 2.40. The molecule has 1 aliphatic rings. The van der Waals surface area contributed by atoms with Gasteiger partial charge in [0.25, 0.3) is 0 Å². The summed E-state index contributed by atoms with van der Waals surface area (Å²) in [6.45, 7) is 3.52. The SMILES string of the molecule is COc1ccc(C2CC(c3ccc(-n4nc(C)oc4=O)cc3)=Nn3c(C)nnc3S2)cc1. The Labute approximate surface area is 187 Å². The number of nitrogens with zero attached hydrogens (tertiary/aromatic N) is 6. The zero-order valence-electron chi connectivity index (χ0n) is 17.7. The average Bonchev–Trinajstić information content (AvgIpc) is 3.25. The molecule has 5 rings (SSSR count). The highest BCUT2D eigenvalue weighted by atomic mass is 32.2. The number of fused-ring (bicyclic) bond motifs is 1. The second kappa shape index (κ2) is 8.12. The van der Waals surface area contributed by atoms with E-state index in [4.69, 9.17) is 14.3 Å². The Bertz CT molecular complexity index is 1350. The van der Waals surface area contributed by atoms with Crippen LogP contribution in [0, 0.1) is 13.8 Å². The largest absolute Gasteiger partial charge is 0.497 e. The monoisotopic (exact) mass is 448 g/mol. The normalized spacial score (nSPS) is 15.7. The summed E-state index contributed by atoms with van der Waals surface area (Å²) < 4.78 is 13.3. The fraction of sp³-hybridized carbons (Fsp3) is 0.227. The first-order valence-corrected chi connectivity index (χ1v) is 10.9. The quantitative estimate of drug-likeness (QED) is 0.471. The molecule has 3 heterocycles. The summed E-state index contributed by atoms with van der Waals surface area (Å²) >= 11 is 1.63. The summed E-state index contributed by atoms with van der Waals surface area (Å²) in [5, 5.41) is 18.3. The van der Waals surface area contributed by atoms with Gasteiger partial charge in [0.1, 0.15) is 5.75 Å². The van der Waals surface area contributed by atoms with Crippen molar-refractivity contribution in [3.8, 4) is 11.4 Å². The summed E-state index contributed by atoms with van der Waals surface area (Å²) in [5.41, 5.74) is 3.63. The molecule has 162 valence electrons. The molecule has 0 spiro atoms. The van der Waals surface area contributed by atoms with Gasteiger partial charge in [-0.2, -0.15) is 14.5 Å². The highest BCUT2D eigenvalue weighted by Gasteiger charge is 2.25. The predicted octanol–water partition coefficient (Wildman–Crippen LogP) is 3.53. The second-order valence-corrected chi connectivity index (χ2v) is 8.49. The van der Waals surface area contributed by atoms with Gasteiger partial charge < -0.3 is 9.15 Å². The molecule has 4 aromatic rings. The molecule has 0 fully saturated rings. The average molecular weight is 449 g/mol. The summed E-state index contributed by atoms with van der Waals surface area (Å²) in [4.78, 5) is 11.9. The molecule has 0 aliphatic carbocycles. The molecule has 0 N–H and O–H groups in total. The van der Waals surface area contributed by atoms with E-state index < -0.39 is 5.76 Å². The predicted molar refractivity (Wildman–Crippen MR) is 120 cm³/mol. The van der Waals surface area contributed by atoms with Gasteiger partial charge in [-0.3, -0.25) is 0 Å². The molecule has 10 heteroatoms. The van der Waals surface area contributed by atoms with Gasteiger partial charge in [0.05, 0.1) is 18.5 Å². The van der Waals surface area contributed by atoms with Crippen molar-refractivity contribution in [3.05, 3.63) is 81.9 Å². The maximum Gasteiger partial charge on any atom is 0.441 e. The van der Waals surface area contributed by atoms with Crippen LogP contribution in [0.2, 0.25) is 0 Å². The van der Waals surface area contributed by atoms with Crippen molar-refractivity contribution in [2.24, 2.45) is 5.10 Å². The van der Waals surface area contributed by atoms with Gasteiger partial charge in [-0.1, -0.05) is 36.0 Å². The van der Waals surface area contributed by atoms with Gasteiger partial charge >= 0.3 is 5.76 Å². The lowest BCUT2D eigenvalue weighted by molar-refractivity contribution is 0.414. The molecule has 0 saturated heterocycles. The number of rotatable bonds is 4. The maximum absolute atomic E-state index is 11.9. The molecule has 1 aliphatic heterocycles. The van der Waals surface area contributed by atoms with Crippen molar-refractivity contribution < 1.29 is 9.15 Å². The van der Waals surface area contributed by atoms with Crippen molar-refractivity contribution in [2.75, 3.05) is 7.11 Å². The smallest absolute Gasteiger partial charge is 0.441 e. The Balaban J connectivity index is 1.52. The Morgan fingerprint density at radius 3 is 2.47 bits per heavy atom. The molecule has 2 aromatic heterocycles. The van der Waals surface area contributed by atoms with Crippen LogP contribution in [-0.4, -0.2) is 37.5 Å². The molecule has 9 nitrogen and oxygen atoms in total. The third kappa shape index (κ3) is 3.73. The Morgan fingerprint density at radius 1 is 1.06 bits per heavy atom. The van der Waals surface area contributed by atoms with Crippen LogP contribution in [0.3, 0.4) is 0 Å². The third-order valence-electron chi connectivity index (χ3n) is 5.20. The van der Waals surface area contributed by atoms with Crippen LogP contribution in [0.4, 0.5) is 0 Å². The third-order valence-corrected chi connectivity index (χ3v) is 6.39. The number of thioether (sulfide) groups is 1. The fourth-order valence-corrected chi connectivity index (χ4v) is 4.69. The zero-order chi connectivity index (χ0) is 22.2. The van der Waals surface area contributed by atoms with Crippen molar-refractivity contribution in [2.45, 2.75) is 30.7 Å². The molecule has 1 atom stereocenters. The van der Waals surface area contributed by atoms with E-state index in [0.29, 0.717) is 18.0 Å². The summed E-state index contributed by atoms with van der Waals surface area (Å²) in [6, 6.07) is 15.6. The van der Waals surface area contributed by atoms with E-state index in [1.165, 1.54) is 4.68 Å². The van der Waals surface area contributed by atoms with Gasteiger partial charge in [-0.15, -0.1) is 15.3 Å². The number of aryl methyl sites for hydroxylation is 2. The molecule has 0 bridgehead atoms. The number of ether oxygens (including phenoxy) is 1. The second-order valence-electron chi connectivity index (χ2n) is 7.32. The molecule has 0 amide bonds. The van der Waals surface area contributed by atoms with E-state index in [0.717, 1.165) is 33.6 Å². The van der Waals surface area contributed by atoms with Gasteiger partial charge in [-0.05, 0) is 42.3 Å². The first-order chi connectivity index (χ1) is 15.5. The van der Waals surface area contributed by atoms with Gasteiger partial charge in [0.15, 0.2) is 5.82 Å². The van der Waals surface area contributed by atoms with Crippen LogP contribution in [0.25, 0.3) is 5.69 Å². The van der Waals surface area contributed by atoms with Crippen LogP contribution in [0.1, 0.15) is 34.5 Å². The Kier molecular flexibility index (Phi) is 5.14. The van der Waals surface area contributed by atoms with Crippen molar-refractivity contribution in [1.82, 2.24) is 24.7 Å². The molecule has 2 aromatic carbocycles.